The molecule has 0 amide bonds. The van der Waals surface area contributed by atoms with E-state index in [0.29, 0.717) is 0 Å². The molecule has 0 saturated carbocycles. The highest BCUT2D eigenvalue weighted by molar-refractivity contribution is 7.98. The molecule has 0 aromatic heterocycles. The van der Waals surface area contributed by atoms with E-state index >= 15 is 0 Å². The first-order chi connectivity index (χ1) is 9.89. The van der Waals surface area contributed by atoms with Gasteiger partial charge in [-0.15, -0.1) is 37.3 Å². The summed E-state index contributed by atoms with van der Waals surface area (Å²) in [6, 6.07) is 13.0. The van der Waals surface area contributed by atoms with Gasteiger partial charge < -0.3 is 10.5 Å². The van der Waals surface area contributed by atoms with Crippen LogP contribution in [-0.2, 0) is 0 Å². The van der Waals surface area contributed by atoms with Crippen molar-refractivity contribution >= 4 is 24.2 Å². The lowest BCUT2D eigenvalue weighted by Crippen LogP contribution is -2.17. The van der Waals surface area contributed by atoms with Gasteiger partial charge in [-0.05, 0) is 41.6 Å². The third kappa shape index (κ3) is 5.12. The Morgan fingerprint density at radius 2 is 1.41 bits per heavy atom. The molecule has 0 bridgehead atoms. The van der Waals surface area contributed by atoms with Gasteiger partial charge in [0.1, 0.15) is 5.75 Å². The summed E-state index contributed by atoms with van der Waals surface area (Å²) in [5.41, 5.74) is 7.74. The topological polar surface area (TPSA) is 35.2 Å². The maximum absolute atomic E-state index is 12.1. The summed E-state index contributed by atoms with van der Waals surface area (Å²) < 4.78 is 40.1. The average molecular weight is 350 g/mol. The maximum atomic E-state index is 12.1. The molecule has 2 N–H and O–H groups in total. The summed E-state index contributed by atoms with van der Waals surface area (Å²) >= 11 is 1.63. The van der Waals surface area contributed by atoms with Gasteiger partial charge in [0.15, 0.2) is 0 Å². The number of benzene rings is 2. The molecule has 2 aromatic carbocycles. The van der Waals surface area contributed by atoms with Crippen molar-refractivity contribution in [1.82, 2.24) is 0 Å². The molecule has 0 spiro atoms. The van der Waals surface area contributed by atoms with Gasteiger partial charge in [0, 0.05) is 4.90 Å². The fourth-order valence-corrected chi connectivity index (χ4v) is 2.29. The lowest BCUT2D eigenvalue weighted by Gasteiger charge is -2.14. The van der Waals surface area contributed by atoms with Crippen LogP contribution in [0.5, 0.6) is 5.75 Å². The highest BCUT2D eigenvalue weighted by atomic mass is 35.5. The first-order valence-electron chi connectivity index (χ1n) is 6.14. The van der Waals surface area contributed by atoms with Crippen LogP contribution in [0.25, 0.3) is 0 Å². The molecule has 0 fully saturated rings. The number of alkyl halides is 3. The van der Waals surface area contributed by atoms with Crippen LogP contribution >= 0.6 is 24.2 Å². The summed E-state index contributed by atoms with van der Waals surface area (Å²) in [5, 5.41) is 0. The molecule has 2 aromatic rings. The third-order valence-corrected chi connectivity index (χ3v) is 3.69. The van der Waals surface area contributed by atoms with Gasteiger partial charge in [-0.25, -0.2) is 0 Å². The Kier molecular flexibility index (Phi) is 6.59. The van der Waals surface area contributed by atoms with Crippen molar-refractivity contribution in [2.24, 2.45) is 5.73 Å². The van der Waals surface area contributed by atoms with Gasteiger partial charge in [-0.3, -0.25) is 0 Å². The molecule has 120 valence electrons. The van der Waals surface area contributed by atoms with Crippen molar-refractivity contribution in [1.29, 1.82) is 0 Å². The molecule has 1 atom stereocenters. The van der Waals surface area contributed by atoms with Gasteiger partial charge >= 0.3 is 6.36 Å². The van der Waals surface area contributed by atoms with Crippen molar-refractivity contribution < 1.29 is 17.9 Å². The van der Waals surface area contributed by atoms with Crippen molar-refractivity contribution in [2.75, 3.05) is 6.26 Å². The zero-order valence-electron chi connectivity index (χ0n) is 11.6. The standard InChI is InChI=1S/C15H14F3NOS.ClH/c1-21-13-8-4-11(5-9-13)14(19)10-2-6-12(7-3-10)20-15(16,17)18;/h2-9,14H,19H2,1H3;1H/t14-;/m1./s1. The summed E-state index contributed by atoms with van der Waals surface area (Å²) in [6.45, 7) is 0. The Hall–Kier alpha value is -1.37. The largest absolute Gasteiger partial charge is 0.573 e. The fourth-order valence-electron chi connectivity index (χ4n) is 1.88. The second-order valence-electron chi connectivity index (χ2n) is 4.37. The normalized spacial score (nSPS) is 12.4. The van der Waals surface area contributed by atoms with E-state index in [0.717, 1.165) is 16.0 Å². The highest BCUT2D eigenvalue weighted by Crippen LogP contribution is 2.26. The van der Waals surface area contributed by atoms with Gasteiger partial charge in [0.25, 0.3) is 0 Å². The van der Waals surface area contributed by atoms with E-state index < -0.39 is 6.36 Å². The Balaban J connectivity index is 0.00000242. The molecule has 22 heavy (non-hydrogen) atoms. The monoisotopic (exact) mass is 349 g/mol. The SMILES string of the molecule is CSc1ccc([C@H](N)c2ccc(OC(F)(F)F)cc2)cc1.Cl. The van der Waals surface area contributed by atoms with Gasteiger partial charge in [-0.1, -0.05) is 24.3 Å². The molecule has 2 rings (SSSR count). The minimum atomic E-state index is -4.68. The van der Waals surface area contributed by atoms with E-state index in [1.807, 2.05) is 30.5 Å². The first kappa shape index (κ1) is 18.7. The molecule has 0 radical (unpaired) electrons. The van der Waals surface area contributed by atoms with Crippen LogP contribution in [0.1, 0.15) is 17.2 Å². The molecule has 0 saturated heterocycles. The van der Waals surface area contributed by atoms with Crippen LogP contribution in [0.15, 0.2) is 53.4 Å². The molecule has 0 heterocycles. The summed E-state index contributed by atoms with van der Waals surface area (Å²) in [6.07, 6.45) is -2.70. The Morgan fingerprint density at radius 3 is 1.82 bits per heavy atom. The van der Waals surface area contributed by atoms with Crippen LogP contribution in [0, 0.1) is 0 Å². The molecule has 2 nitrogen and oxygen atoms in total. The number of rotatable bonds is 4. The fraction of sp³-hybridized carbons (Fsp3) is 0.200. The van der Waals surface area contributed by atoms with Gasteiger partial charge in [0.2, 0.25) is 0 Å². The smallest absolute Gasteiger partial charge is 0.406 e. The van der Waals surface area contributed by atoms with Crippen molar-refractivity contribution in [3.63, 3.8) is 0 Å². The quantitative estimate of drug-likeness (QED) is 0.807. The number of hydrogen-bond acceptors (Lipinski definition) is 3. The molecule has 7 heteroatoms. The molecule has 0 unspecified atom stereocenters. The lowest BCUT2D eigenvalue weighted by atomic mass is 10.00. The van der Waals surface area contributed by atoms with E-state index in [4.69, 9.17) is 5.73 Å². The second-order valence-corrected chi connectivity index (χ2v) is 5.25. The van der Waals surface area contributed by atoms with E-state index in [1.54, 1.807) is 11.8 Å². The summed E-state index contributed by atoms with van der Waals surface area (Å²) in [5.74, 6) is -0.254. The molecule has 0 aliphatic heterocycles. The first-order valence-corrected chi connectivity index (χ1v) is 7.37. The number of nitrogens with two attached hydrogens (primary N) is 1. The second kappa shape index (κ2) is 7.76. The maximum Gasteiger partial charge on any atom is 0.573 e. The zero-order valence-corrected chi connectivity index (χ0v) is 13.3. The van der Waals surface area contributed by atoms with Crippen LogP contribution in [0.2, 0.25) is 0 Å². The van der Waals surface area contributed by atoms with Crippen LogP contribution in [0.4, 0.5) is 13.2 Å². The molecular formula is C15H15ClF3NOS. The van der Waals surface area contributed by atoms with Crippen LogP contribution < -0.4 is 10.5 Å². The minimum absolute atomic E-state index is 0. The van der Waals surface area contributed by atoms with Crippen molar-refractivity contribution in [2.45, 2.75) is 17.3 Å². The van der Waals surface area contributed by atoms with E-state index in [2.05, 4.69) is 4.74 Å². The average Bonchev–Trinajstić information content (AvgIpc) is 2.46. The molecule has 0 aliphatic rings. The number of halogens is 4. The van der Waals surface area contributed by atoms with E-state index in [1.165, 1.54) is 24.3 Å². The zero-order chi connectivity index (χ0) is 15.5. The Bertz CT molecular complexity index is 587. The predicted octanol–water partition coefficient (Wildman–Crippen LogP) is 4.78. The highest BCUT2D eigenvalue weighted by Gasteiger charge is 2.31. The third-order valence-electron chi connectivity index (χ3n) is 2.95. The van der Waals surface area contributed by atoms with E-state index in [-0.39, 0.29) is 24.2 Å². The Labute approximate surface area is 137 Å². The van der Waals surface area contributed by atoms with E-state index in [9.17, 15) is 13.2 Å². The lowest BCUT2D eigenvalue weighted by molar-refractivity contribution is -0.274. The minimum Gasteiger partial charge on any atom is -0.406 e. The van der Waals surface area contributed by atoms with Gasteiger partial charge in [0.05, 0.1) is 6.04 Å². The Morgan fingerprint density at radius 1 is 0.955 bits per heavy atom. The van der Waals surface area contributed by atoms with Crippen molar-refractivity contribution in [3.05, 3.63) is 59.7 Å². The molecular weight excluding hydrogens is 335 g/mol. The van der Waals surface area contributed by atoms with Gasteiger partial charge in [-0.2, -0.15) is 0 Å². The van der Waals surface area contributed by atoms with Crippen LogP contribution in [0.3, 0.4) is 0 Å². The predicted molar refractivity (Wildman–Crippen MR) is 84.6 cm³/mol. The number of ether oxygens (including phenoxy) is 1. The molecule has 0 aliphatic carbocycles. The number of thioether (sulfide) groups is 1. The number of hydrogen-bond donors (Lipinski definition) is 1. The van der Waals surface area contributed by atoms with Crippen molar-refractivity contribution in [3.8, 4) is 5.75 Å². The summed E-state index contributed by atoms with van der Waals surface area (Å²) in [4.78, 5) is 1.12. The van der Waals surface area contributed by atoms with Crippen LogP contribution in [-0.4, -0.2) is 12.6 Å². The summed E-state index contributed by atoms with van der Waals surface area (Å²) in [7, 11) is 0.